The van der Waals surface area contributed by atoms with Crippen molar-refractivity contribution in [2.75, 3.05) is 0 Å². The Bertz CT molecular complexity index is 223. The first kappa shape index (κ1) is 10.3. The summed E-state index contributed by atoms with van der Waals surface area (Å²) < 4.78 is 0. The molecule has 0 aliphatic heterocycles. The molecule has 13 heavy (non-hydrogen) atoms. The van der Waals surface area contributed by atoms with Crippen LogP contribution in [0.25, 0.3) is 0 Å². The van der Waals surface area contributed by atoms with Crippen molar-refractivity contribution in [3.8, 4) is 0 Å². The lowest BCUT2D eigenvalue weighted by Gasteiger charge is -2.13. The summed E-state index contributed by atoms with van der Waals surface area (Å²) >= 11 is 0. The standard InChI is InChI=1S/C13H20/c1-11(2)9-12(3)10-13-7-5-4-6-8-13/h4-8,11-12H,9-10H2,1-3H3. The molecule has 0 aliphatic rings. The van der Waals surface area contributed by atoms with Crippen LogP contribution in [0, 0.1) is 11.8 Å². The van der Waals surface area contributed by atoms with Gasteiger partial charge in [0.15, 0.2) is 0 Å². The Balaban J connectivity index is 2.41. The van der Waals surface area contributed by atoms with Crippen LogP contribution in [0.5, 0.6) is 0 Å². The molecular weight excluding hydrogens is 156 g/mol. The first-order valence-corrected chi connectivity index (χ1v) is 5.22. The van der Waals surface area contributed by atoms with Gasteiger partial charge in [-0.15, -0.1) is 0 Å². The van der Waals surface area contributed by atoms with Crippen LogP contribution in [0.1, 0.15) is 32.8 Å². The lowest BCUT2D eigenvalue weighted by Crippen LogP contribution is -2.03. The van der Waals surface area contributed by atoms with Gasteiger partial charge in [-0.1, -0.05) is 51.1 Å². The van der Waals surface area contributed by atoms with Crippen LogP contribution < -0.4 is 0 Å². The average molecular weight is 176 g/mol. The van der Waals surface area contributed by atoms with E-state index in [2.05, 4.69) is 51.1 Å². The van der Waals surface area contributed by atoms with Crippen molar-refractivity contribution in [3.63, 3.8) is 0 Å². The van der Waals surface area contributed by atoms with E-state index in [-0.39, 0.29) is 0 Å². The second-order valence-electron chi connectivity index (χ2n) is 4.42. The van der Waals surface area contributed by atoms with Crippen molar-refractivity contribution in [1.82, 2.24) is 0 Å². The largest absolute Gasteiger partial charge is 0.0628 e. The van der Waals surface area contributed by atoms with E-state index >= 15 is 0 Å². The Kier molecular flexibility index (Phi) is 4.01. The maximum Gasteiger partial charge on any atom is -0.0253 e. The predicted molar refractivity (Wildman–Crippen MR) is 58.8 cm³/mol. The zero-order valence-electron chi connectivity index (χ0n) is 8.96. The molecule has 0 bridgehead atoms. The van der Waals surface area contributed by atoms with Gasteiger partial charge in [0.25, 0.3) is 0 Å². The molecule has 0 spiro atoms. The van der Waals surface area contributed by atoms with E-state index in [9.17, 15) is 0 Å². The lowest BCUT2D eigenvalue weighted by atomic mass is 9.93. The van der Waals surface area contributed by atoms with Crippen LogP contribution in [0.3, 0.4) is 0 Å². The highest BCUT2D eigenvalue weighted by atomic mass is 14.1. The van der Waals surface area contributed by atoms with Gasteiger partial charge in [0, 0.05) is 0 Å². The summed E-state index contributed by atoms with van der Waals surface area (Å²) in [5.74, 6) is 1.63. The second kappa shape index (κ2) is 5.06. The third-order valence-corrected chi connectivity index (χ3v) is 2.30. The van der Waals surface area contributed by atoms with E-state index < -0.39 is 0 Å². The Labute approximate surface area is 82.0 Å². The summed E-state index contributed by atoms with van der Waals surface area (Å²) in [5.41, 5.74) is 1.47. The van der Waals surface area contributed by atoms with E-state index in [1.54, 1.807) is 0 Å². The van der Waals surface area contributed by atoms with Gasteiger partial charge in [-0.25, -0.2) is 0 Å². The van der Waals surface area contributed by atoms with Gasteiger partial charge < -0.3 is 0 Å². The van der Waals surface area contributed by atoms with Gasteiger partial charge >= 0.3 is 0 Å². The van der Waals surface area contributed by atoms with Crippen LogP contribution in [-0.2, 0) is 6.42 Å². The normalized spacial score (nSPS) is 13.2. The van der Waals surface area contributed by atoms with Crippen LogP contribution in [0.2, 0.25) is 0 Å². The van der Waals surface area contributed by atoms with Gasteiger partial charge in [0.05, 0.1) is 0 Å². The molecule has 0 nitrogen and oxygen atoms in total. The maximum atomic E-state index is 2.34. The lowest BCUT2D eigenvalue weighted by molar-refractivity contribution is 0.437. The molecule has 0 heteroatoms. The Morgan fingerprint density at radius 1 is 1.00 bits per heavy atom. The van der Waals surface area contributed by atoms with Crippen LogP contribution in [0.15, 0.2) is 30.3 Å². The number of rotatable bonds is 4. The van der Waals surface area contributed by atoms with Gasteiger partial charge in [-0.2, -0.15) is 0 Å². The molecule has 0 N–H and O–H groups in total. The molecule has 0 saturated carbocycles. The van der Waals surface area contributed by atoms with Crippen molar-refractivity contribution in [2.24, 2.45) is 11.8 Å². The summed E-state index contributed by atoms with van der Waals surface area (Å²) in [6.07, 6.45) is 2.55. The Hall–Kier alpha value is -0.780. The van der Waals surface area contributed by atoms with Crippen LogP contribution in [0.4, 0.5) is 0 Å². The smallest absolute Gasteiger partial charge is 0.0253 e. The molecule has 1 aromatic carbocycles. The van der Waals surface area contributed by atoms with Gasteiger partial charge in [-0.05, 0) is 30.2 Å². The number of benzene rings is 1. The summed E-state index contributed by atoms with van der Waals surface area (Å²) in [6.45, 7) is 6.93. The third-order valence-electron chi connectivity index (χ3n) is 2.30. The van der Waals surface area contributed by atoms with Crippen LogP contribution >= 0.6 is 0 Å². The molecule has 0 radical (unpaired) electrons. The fourth-order valence-corrected chi connectivity index (χ4v) is 1.90. The molecule has 1 atom stereocenters. The van der Waals surface area contributed by atoms with Crippen molar-refractivity contribution in [1.29, 1.82) is 0 Å². The summed E-state index contributed by atoms with van der Waals surface area (Å²) in [4.78, 5) is 0. The zero-order valence-corrected chi connectivity index (χ0v) is 8.96. The van der Waals surface area contributed by atoms with Crippen molar-refractivity contribution in [2.45, 2.75) is 33.6 Å². The fraction of sp³-hybridized carbons (Fsp3) is 0.538. The molecule has 0 saturated heterocycles. The monoisotopic (exact) mass is 176 g/mol. The quantitative estimate of drug-likeness (QED) is 0.652. The molecule has 0 heterocycles. The summed E-state index contributed by atoms with van der Waals surface area (Å²) in [7, 11) is 0. The van der Waals surface area contributed by atoms with E-state index in [1.165, 1.54) is 18.4 Å². The van der Waals surface area contributed by atoms with Gasteiger partial charge in [0.2, 0.25) is 0 Å². The first-order chi connectivity index (χ1) is 6.18. The molecule has 0 aliphatic carbocycles. The van der Waals surface area contributed by atoms with Crippen molar-refractivity contribution < 1.29 is 0 Å². The molecule has 1 rings (SSSR count). The van der Waals surface area contributed by atoms with Crippen molar-refractivity contribution in [3.05, 3.63) is 35.9 Å². The summed E-state index contributed by atoms with van der Waals surface area (Å²) in [6, 6.07) is 10.8. The minimum absolute atomic E-state index is 0.808. The molecular formula is C13H20. The van der Waals surface area contributed by atoms with Crippen molar-refractivity contribution >= 4 is 0 Å². The topological polar surface area (TPSA) is 0 Å². The second-order valence-corrected chi connectivity index (χ2v) is 4.42. The highest BCUT2D eigenvalue weighted by Crippen LogP contribution is 2.16. The number of hydrogen-bond donors (Lipinski definition) is 0. The minimum Gasteiger partial charge on any atom is -0.0628 e. The molecule has 1 aromatic rings. The molecule has 0 fully saturated rings. The van der Waals surface area contributed by atoms with Crippen LogP contribution in [-0.4, -0.2) is 0 Å². The first-order valence-electron chi connectivity index (χ1n) is 5.22. The minimum atomic E-state index is 0.808. The number of hydrogen-bond acceptors (Lipinski definition) is 0. The average Bonchev–Trinajstić information content (AvgIpc) is 2.04. The van der Waals surface area contributed by atoms with E-state index in [4.69, 9.17) is 0 Å². The maximum absolute atomic E-state index is 2.34. The van der Waals surface area contributed by atoms with Gasteiger partial charge in [0.1, 0.15) is 0 Å². The summed E-state index contributed by atoms with van der Waals surface area (Å²) in [5, 5.41) is 0. The third kappa shape index (κ3) is 4.12. The Morgan fingerprint density at radius 3 is 2.15 bits per heavy atom. The predicted octanol–water partition coefficient (Wildman–Crippen LogP) is 3.91. The zero-order chi connectivity index (χ0) is 9.68. The highest BCUT2D eigenvalue weighted by Gasteiger charge is 2.05. The Morgan fingerprint density at radius 2 is 1.62 bits per heavy atom. The van der Waals surface area contributed by atoms with Gasteiger partial charge in [-0.3, -0.25) is 0 Å². The SMILES string of the molecule is CC(C)CC(C)Cc1ccccc1. The molecule has 0 amide bonds. The molecule has 72 valence electrons. The molecule has 0 aromatic heterocycles. The van der Waals surface area contributed by atoms with E-state index in [0.717, 1.165) is 11.8 Å². The fourth-order valence-electron chi connectivity index (χ4n) is 1.90. The molecule has 1 unspecified atom stereocenters. The van der Waals surface area contributed by atoms with E-state index in [0.29, 0.717) is 0 Å². The highest BCUT2D eigenvalue weighted by molar-refractivity contribution is 5.14. The van der Waals surface area contributed by atoms with E-state index in [1.807, 2.05) is 0 Å².